The third-order valence-corrected chi connectivity index (χ3v) is 2.82. The maximum absolute atomic E-state index is 11.1. The summed E-state index contributed by atoms with van der Waals surface area (Å²) in [6, 6.07) is 6.45. The van der Waals surface area contributed by atoms with E-state index in [-0.39, 0.29) is 5.97 Å². The van der Waals surface area contributed by atoms with Crippen LogP contribution in [0.4, 0.5) is 0 Å². The maximum atomic E-state index is 11.1. The van der Waals surface area contributed by atoms with Gasteiger partial charge in [-0.2, -0.15) is 0 Å². The Bertz CT molecular complexity index is 369. The van der Waals surface area contributed by atoms with Crippen LogP contribution < -0.4 is 0 Å². The molecule has 2 nitrogen and oxygen atoms in total. The van der Waals surface area contributed by atoms with Gasteiger partial charge in [0.1, 0.15) is 0 Å². The number of rotatable bonds is 4. The number of carbonyl (C=O) groups excluding carboxylic acids is 1. The second-order valence-corrected chi connectivity index (χ2v) is 4.52. The molecule has 0 bridgehead atoms. The van der Waals surface area contributed by atoms with E-state index >= 15 is 0 Å². The highest BCUT2D eigenvalue weighted by molar-refractivity contribution is 5.69. The van der Waals surface area contributed by atoms with Crippen LogP contribution in [0.1, 0.15) is 30.0 Å². The van der Waals surface area contributed by atoms with Crippen LogP contribution >= 0.6 is 0 Å². The number of benzene rings is 1. The Morgan fingerprint density at radius 2 is 2.06 bits per heavy atom. The predicted molar refractivity (Wildman–Crippen MR) is 65.4 cm³/mol. The van der Waals surface area contributed by atoms with E-state index in [1.165, 1.54) is 23.8 Å². The van der Waals surface area contributed by atoms with E-state index in [0.29, 0.717) is 12.3 Å². The molecular formula is C14H20O2. The van der Waals surface area contributed by atoms with Crippen molar-refractivity contribution in [3.05, 3.63) is 34.9 Å². The van der Waals surface area contributed by atoms with Gasteiger partial charge in [-0.05, 0) is 37.3 Å². The molecule has 1 aromatic carbocycles. The van der Waals surface area contributed by atoms with Crippen LogP contribution in [0.5, 0.6) is 0 Å². The van der Waals surface area contributed by atoms with Crippen LogP contribution in [0, 0.1) is 19.8 Å². The number of aryl methyl sites for hydroxylation is 2. The predicted octanol–water partition coefficient (Wildman–Crippen LogP) is 3.05. The van der Waals surface area contributed by atoms with Gasteiger partial charge in [0.05, 0.1) is 7.11 Å². The Balaban J connectivity index is 2.65. The van der Waals surface area contributed by atoms with E-state index in [0.717, 1.165) is 6.42 Å². The van der Waals surface area contributed by atoms with Crippen molar-refractivity contribution in [3.8, 4) is 0 Å². The number of hydrogen-bond donors (Lipinski definition) is 0. The fourth-order valence-corrected chi connectivity index (χ4v) is 1.84. The zero-order valence-electron chi connectivity index (χ0n) is 10.5. The third kappa shape index (κ3) is 3.69. The van der Waals surface area contributed by atoms with Gasteiger partial charge in [-0.15, -0.1) is 0 Å². The molecule has 2 heteroatoms. The van der Waals surface area contributed by atoms with E-state index < -0.39 is 0 Å². The number of carbonyl (C=O) groups is 1. The van der Waals surface area contributed by atoms with E-state index in [1.807, 2.05) is 0 Å². The Morgan fingerprint density at radius 3 is 2.69 bits per heavy atom. The Kier molecular flexibility index (Phi) is 4.53. The van der Waals surface area contributed by atoms with Gasteiger partial charge in [0.2, 0.25) is 0 Å². The molecule has 0 spiro atoms. The van der Waals surface area contributed by atoms with Crippen LogP contribution in [0.2, 0.25) is 0 Å². The SMILES string of the molecule is COC(=O)CC(C)Cc1cc(C)ccc1C. The van der Waals surface area contributed by atoms with Crippen LogP contribution in [0.15, 0.2) is 18.2 Å². The Labute approximate surface area is 97.6 Å². The molecule has 1 aromatic rings. The molecule has 16 heavy (non-hydrogen) atoms. The molecule has 0 fully saturated rings. The van der Waals surface area contributed by atoms with Gasteiger partial charge in [0.25, 0.3) is 0 Å². The average molecular weight is 220 g/mol. The Hall–Kier alpha value is -1.31. The maximum Gasteiger partial charge on any atom is 0.305 e. The quantitative estimate of drug-likeness (QED) is 0.729. The summed E-state index contributed by atoms with van der Waals surface area (Å²) in [5, 5.41) is 0. The van der Waals surface area contributed by atoms with Crippen LogP contribution in [-0.2, 0) is 16.0 Å². The normalized spacial score (nSPS) is 12.2. The van der Waals surface area contributed by atoms with Gasteiger partial charge in [0.15, 0.2) is 0 Å². The number of esters is 1. The zero-order chi connectivity index (χ0) is 12.1. The number of ether oxygens (including phenoxy) is 1. The first-order chi connectivity index (χ1) is 7.52. The smallest absolute Gasteiger partial charge is 0.305 e. The summed E-state index contributed by atoms with van der Waals surface area (Å²) in [6.45, 7) is 6.28. The lowest BCUT2D eigenvalue weighted by atomic mass is 9.94. The van der Waals surface area contributed by atoms with Crippen molar-refractivity contribution in [2.45, 2.75) is 33.6 Å². The van der Waals surface area contributed by atoms with Gasteiger partial charge in [-0.1, -0.05) is 30.7 Å². The first-order valence-electron chi connectivity index (χ1n) is 5.66. The van der Waals surface area contributed by atoms with Crippen molar-refractivity contribution in [1.82, 2.24) is 0 Å². The highest BCUT2D eigenvalue weighted by Gasteiger charge is 2.11. The zero-order valence-corrected chi connectivity index (χ0v) is 10.5. The lowest BCUT2D eigenvalue weighted by Gasteiger charge is -2.12. The van der Waals surface area contributed by atoms with Gasteiger partial charge in [-0.3, -0.25) is 4.79 Å². The minimum absolute atomic E-state index is 0.127. The summed E-state index contributed by atoms with van der Waals surface area (Å²) in [6.07, 6.45) is 1.42. The topological polar surface area (TPSA) is 26.3 Å². The van der Waals surface area contributed by atoms with Crippen molar-refractivity contribution >= 4 is 5.97 Å². The minimum Gasteiger partial charge on any atom is -0.469 e. The summed E-state index contributed by atoms with van der Waals surface area (Å²) >= 11 is 0. The molecule has 0 amide bonds. The van der Waals surface area contributed by atoms with Gasteiger partial charge < -0.3 is 4.74 Å². The minimum atomic E-state index is -0.127. The van der Waals surface area contributed by atoms with Gasteiger partial charge in [0, 0.05) is 6.42 Å². The summed E-state index contributed by atoms with van der Waals surface area (Å²) in [4.78, 5) is 11.1. The van der Waals surface area contributed by atoms with Crippen molar-refractivity contribution in [3.63, 3.8) is 0 Å². The molecule has 0 N–H and O–H groups in total. The largest absolute Gasteiger partial charge is 0.469 e. The van der Waals surface area contributed by atoms with Gasteiger partial charge >= 0.3 is 5.97 Å². The van der Waals surface area contributed by atoms with Crippen molar-refractivity contribution in [2.24, 2.45) is 5.92 Å². The number of methoxy groups -OCH3 is 1. The second kappa shape index (κ2) is 5.69. The highest BCUT2D eigenvalue weighted by Crippen LogP contribution is 2.17. The molecule has 88 valence electrons. The molecule has 1 unspecified atom stereocenters. The fourth-order valence-electron chi connectivity index (χ4n) is 1.84. The number of hydrogen-bond acceptors (Lipinski definition) is 2. The van der Waals surface area contributed by atoms with E-state index in [4.69, 9.17) is 0 Å². The van der Waals surface area contributed by atoms with E-state index in [2.05, 4.69) is 43.7 Å². The molecule has 0 aliphatic carbocycles. The van der Waals surface area contributed by atoms with Crippen molar-refractivity contribution in [2.75, 3.05) is 7.11 Å². The van der Waals surface area contributed by atoms with E-state index in [1.54, 1.807) is 0 Å². The van der Waals surface area contributed by atoms with Crippen LogP contribution in [0.3, 0.4) is 0 Å². The Morgan fingerprint density at radius 1 is 1.38 bits per heavy atom. The third-order valence-electron chi connectivity index (χ3n) is 2.82. The average Bonchev–Trinajstić information content (AvgIpc) is 2.23. The monoisotopic (exact) mass is 220 g/mol. The van der Waals surface area contributed by atoms with Gasteiger partial charge in [-0.25, -0.2) is 0 Å². The first-order valence-corrected chi connectivity index (χ1v) is 5.66. The summed E-state index contributed by atoms with van der Waals surface area (Å²) in [5.41, 5.74) is 3.89. The molecule has 1 atom stereocenters. The standard InChI is InChI=1S/C14H20O2/c1-10-5-6-12(3)13(7-10)8-11(2)9-14(15)16-4/h5-7,11H,8-9H2,1-4H3. The fraction of sp³-hybridized carbons (Fsp3) is 0.500. The van der Waals surface area contributed by atoms with Crippen molar-refractivity contribution < 1.29 is 9.53 Å². The lowest BCUT2D eigenvalue weighted by molar-refractivity contribution is -0.141. The van der Waals surface area contributed by atoms with Crippen LogP contribution in [-0.4, -0.2) is 13.1 Å². The lowest BCUT2D eigenvalue weighted by Crippen LogP contribution is -2.10. The molecule has 0 aromatic heterocycles. The molecule has 0 saturated heterocycles. The summed E-state index contributed by atoms with van der Waals surface area (Å²) < 4.78 is 4.67. The molecule has 0 radical (unpaired) electrons. The molecule has 0 saturated carbocycles. The second-order valence-electron chi connectivity index (χ2n) is 4.52. The molecule has 1 rings (SSSR count). The molecule has 0 aliphatic rings. The van der Waals surface area contributed by atoms with E-state index in [9.17, 15) is 4.79 Å². The summed E-state index contributed by atoms with van der Waals surface area (Å²) in [5.74, 6) is 0.200. The van der Waals surface area contributed by atoms with Crippen molar-refractivity contribution in [1.29, 1.82) is 0 Å². The van der Waals surface area contributed by atoms with Crippen LogP contribution in [0.25, 0.3) is 0 Å². The molecular weight excluding hydrogens is 200 g/mol. The molecule has 0 aliphatic heterocycles. The molecule has 0 heterocycles. The highest BCUT2D eigenvalue weighted by atomic mass is 16.5. The first kappa shape index (κ1) is 12.8. The summed E-state index contributed by atoms with van der Waals surface area (Å²) in [7, 11) is 1.44.